The van der Waals surface area contributed by atoms with Crippen LogP contribution in [0.15, 0.2) is 57.5 Å². The van der Waals surface area contributed by atoms with Crippen LogP contribution in [-0.4, -0.2) is 38.0 Å². The molecule has 1 unspecified atom stereocenters. The third kappa shape index (κ3) is 5.14. The highest BCUT2D eigenvalue weighted by atomic mass is 35.5. The molecular weight excluding hydrogens is 516 g/mol. The van der Waals surface area contributed by atoms with Gasteiger partial charge in [0.05, 0.1) is 54.3 Å². The number of hydrogen-bond acceptors (Lipinski definition) is 8. The highest BCUT2D eigenvalue weighted by Crippen LogP contribution is 2.36. The van der Waals surface area contributed by atoms with Crippen LogP contribution in [0.4, 0.5) is 0 Å². The van der Waals surface area contributed by atoms with Gasteiger partial charge in [-0.3, -0.25) is 9.36 Å². The predicted molar refractivity (Wildman–Crippen MR) is 143 cm³/mol. The molecule has 1 aliphatic heterocycles. The highest BCUT2D eigenvalue weighted by molar-refractivity contribution is 7.07. The van der Waals surface area contributed by atoms with Crippen LogP contribution in [0.25, 0.3) is 6.08 Å². The second-order valence-electron chi connectivity index (χ2n) is 8.04. The van der Waals surface area contributed by atoms with Crippen molar-refractivity contribution in [3.05, 3.63) is 83.5 Å². The van der Waals surface area contributed by atoms with Gasteiger partial charge < -0.3 is 18.9 Å². The topological polar surface area (TPSA) is 88.4 Å². The van der Waals surface area contributed by atoms with Crippen molar-refractivity contribution < 1.29 is 23.7 Å². The van der Waals surface area contributed by atoms with Gasteiger partial charge in [0.15, 0.2) is 16.3 Å². The van der Waals surface area contributed by atoms with E-state index in [0.29, 0.717) is 55.0 Å². The number of aromatic nitrogens is 1. The number of benzene rings is 2. The van der Waals surface area contributed by atoms with E-state index in [2.05, 4.69) is 4.99 Å². The van der Waals surface area contributed by atoms with E-state index in [1.165, 1.54) is 30.1 Å². The molecule has 0 amide bonds. The van der Waals surface area contributed by atoms with Gasteiger partial charge in [-0.15, -0.1) is 0 Å². The summed E-state index contributed by atoms with van der Waals surface area (Å²) in [6, 6.07) is 10.1. The van der Waals surface area contributed by atoms with E-state index in [-0.39, 0.29) is 12.2 Å². The molecule has 1 aliphatic rings. The molecule has 0 bridgehead atoms. The largest absolute Gasteiger partial charge is 0.494 e. The number of esters is 1. The second-order valence-corrected chi connectivity index (χ2v) is 9.46. The number of rotatable bonds is 8. The maximum Gasteiger partial charge on any atom is 0.338 e. The maximum absolute atomic E-state index is 13.8. The Hall–Kier alpha value is -3.56. The maximum atomic E-state index is 13.8. The lowest BCUT2D eigenvalue weighted by molar-refractivity contribution is -0.139. The lowest BCUT2D eigenvalue weighted by Crippen LogP contribution is -2.39. The third-order valence-corrected chi connectivity index (χ3v) is 7.04. The smallest absolute Gasteiger partial charge is 0.338 e. The molecule has 1 atom stereocenters. The summed E-state index contributed by atoms with van der Waals surface area (Å²) in [7, 11) is 3.02. The first kappa shape index (κ1) is 26.5. The lowest BCUT2D eigenvalue weighted by Gasteiger charge is -2.24. The van der Waals surface area contributed by atoms with Gasteiger partial charge in [-0.2, -0.15) is 0 Å². The number of carbonyl (C=O) groups is 1. The zero-order valence-electron chi connectivity index (χ0n) is 21.2. The molecule has 0 spiro atoms. The van der Waals surface area contributed by atoms with Crippen LogP contribution in [0.5, 0.6) is 17.2 Å². The summed E-state index contributed by atoms with van der Waals surface area (Å²) in [5.74, 6) is 1.04. The average Bonchev–Trinajstić information content (AvgIpc) is 3.17. The molecule has 4 rings (SSSR count). The molecule has 194 valence electrons. The number of hydrogen-bond donors (Lipinski definition) is 0. The molecule has 0 N–H and O–H groups in total. The van der Waals surface area contributed by atoms with Crippen molar-refractivity contribution in [1.29, 1.82) is 0 Å². The van der Waals surface area contributed by atoms with Gasteiger partial charge in [0.1, 0.15) is 5.75 Å². The number of thiazole rings is 1. The minimum Gasteiger partial charge on any atom is -0.494 e. The number of halogens is 1. The Morgan fingerprint density at radius 1 is 1.14 bits per heavy atom. The van der Waals surface area contributed by atoms with E-state index in [1.54, 1.807) is 32.1 Å². The Morgan fingerprint density at radius 2 is 1.86 bits per heavy atom. The molecular formula is C27H27ClN2O6S. The molecule has 0 aliphatic carbocycles. The average molecular weight is 543 g/mol. The number of nitrogens with zero attached hydrogens (tertiary/aromatic N) is 2. The first-order valence-corrected chi connectivity index (χ1v) is 12.9. The Morgan fingerprint density at radius 3 is 2.49 bits per heavy atom. The van der Waals surface area contributed by atoms with Crippen LogP contribution in [0.3, 0.4) is 0 Å². The van der Waals surface area contributed by atoms with Crippen LogP contribution in [-0.2, 0) is 9.53 Å². The minimum atomic E-state index is -0.706. The first-order chi connectivity index (χ1) is 17.8. The van der Waals surface area contributed by atoms with E-state index < -0.39 is 12.0 Å². The van der Waals surface area contributed by atoms with Crippen molar-refractivity contribution in [2.24, 2.45) is 4.99 Å². The fourth-order valence-corrected chi connectivity index (χ4v) is 5.54. The molecule has 10 heteroatoms. The van der Waals surface area contributed by atoms with Crippen molar-refractivity contribution in [2.75, 3.05) is 27.4 Å². The molecule has 37 heavy (non-hydrogen) atoms. The lowest BCUT2D eigenvalue weighted by atomic mass is 9.96. The summed E-state index contributed by atoms with van der Waals surface area (Å²) < 4.78 is 23.6. The molecule has 0 radical (unpaired) electrons. The molecule has 1 aromatic heterocycles. The Labute approximate surface area is 223 Å². The summed E-state index contributed by atoms with van der Waals surface area (Å²) in [4.78, 5) is 31.9. The van der Waals surface area contributed by atoms with E-state index in [0.717, 1.165) is 5.56 Å². The predicted octanol–water partition coefficient (Wildman–Crippen LogP) is 3.87. The van der Waals surface area contributed by atoms with Crippen LogP contribution in [0, 0.1) is 0 Å². The van der Waals surface area contributed by atoms with Gasteiger partial charge >= 0.3 is 5.97 Å². The van der Waals surface area contributed by atoms with Crippen LogP contribution in [0.1, 0.15) is 37.9 Å². The summed E-state index contributed by atoms with van der Waals surface area (Å²) in [6.45, 7) is 6.13. The normalized spacial score (nSPS) is 15.2. The van der Waals surface area contributed by atoms with Crippen LogP contribution >= 0.6 is 22.9 Å². The van der Waals surface area contributed by atoms with Gasteiger partial charge in [0, 0.05) is 0 Å². The van der Waals surface area contributed by atoms with Crippen molar-refractivity contribution in [3.8, 4) is 17.2 Å². The summed E-state index contributed by atoms with van der Waals surface area (Å²) in [6.07, 6.45) is 1.72. The van der Waals surface area contributed by atoms with E-state index in [9.17, 15) is 9.59 Å². The van der Waals surface area contributed by atoms with Crippen molar-refractivity contribution in [3.63, 3.8) is 0 Å². The monoisotopic (exact) mass is 542 g/mol. The van der Waals surface area contributed by atoms with Crippen molar-refractivity contribution >= 4 is 35.0 Å². The quantitative estimate of drug-likeness (QED) is 0.402. The van der Waals surface area contributed by atoms with E-state index >= 15 is 0 Å². The van der Waals surface area contributed by atoms with Gasteiger partial charge in [0.25, 0.3) is 5.56 Å². The molecule has 0 saturated heterocycles. The molecule has 8 nitrogen and oxygen atoms in total. The Bertz CT molecular complexity index is 1540. The first-order valence-electron chi connectivity index (χ1n) is 11.7. The van der Waals surface area contributed by atoms with Crippen LogP contribution < -0.4 is 29.1 Å². The van der Waals surface area contributed by atoms with Gasteiger partial charge in [-0.1, -0.05) is 35.1 Å². The SMILES string of the molecule is CCOC(=O)C1=C(C)N=c2s/c(=C/c3cc(Cl)c(OC)c(OC)c3)c(=O)n2C1c1ccc(OCC)cc1. The highest BCUT2D eigenvalue weighted by Gasteiger charge is 2.33. The number of fused-ring (bicyclic) bond motifs is 1. The minimum absolute atomic E-state index is 0.204. The third-order valence-electron chi connectivity index (χ3n) is 5.78. The Balaban J connectivity index is 1.91. The summed E-state index contributed by atoms with van der Waals surface area (Å²) in [5.41, 5.74) is 1.93. The van der Waals surface area contributed by atoms with Gasteiger partial charge in [-0.25, -0.2) is 9.79 Å². The van der Waals surface area contributed by atoms with E-state index in [4.69, 9.17) is 30.5 Å². The summed E-state index contributed by atoms with van der Waals surface area (Å²) >= 11 is 7.60. The van der Waals surface area contributed by atoms with Crippen molar-refractivity contribution in [2.45, 2.75) is 26.8 Å². The molecule has 2 heterocycles. The number of ether oxygens (including phenoxy) is 4. The zero-order chi connectivity index (χ0) is 26.7. The molecule has 0 saturated carbocycles. The fraction of sp³-hybridized carbons (Fsp3) is 0.296. The van der Waals surface area contributed by atoms with Crippen molar-refractivity contribution in [1.82, 2.24) is 4.57 Å². The second kappa shape index (κ2) is 11.2. The van der Waals surface area contributed by atoms with Crippen LogP contribution in [0.2, 0.25) is 5.02 Å². The Kier molecular flexibility index (Phi) is 8.04. The molecule has 3 aromatic rings. The molecule has 2 aromatic carbocycles. The molecule has 0 fully saturated rings. The van der Waals surface area contributed by atoms with E-state index in [1.807, 2.05) is 31.2 Å². The van der Waals surface area contributed by atoms with Gasteiger partial charge in [-0.05, 0) is 62.2 Å². The number of methoxy groups -OCH3 is 2. The standard InChI is InChI=1S/C27H27ClN2O6S/c1-6-35-18-10-8-17(9-11-18)23-22(26(32)36-7-2)15(3)29-27-30(23)25(31)21(37-27)14-16-12-19(28)24(34-5)20(13-16)33-4/h8-14,23H,6-7H2,1-5H3/b21-14+. The number of allylic oxidation sites excluding steroid dienone is 1. The number of carbonyl (C=O) groups excluding carboxylic acids is 1. The van der Waals surface area contributed by atoms with Gasteiger partial charge in [0.2, 0.25) is 0 Å². The fourth-order valence-electron chi connectivity index (χ4n) is 4.19. The zero-order valence-corrected chi connectivity index (χ0v) is 22.7. The summed E-state index contributed by atoms with van der Waals surface area (Å²) in [5, 5.41) is 0.355.